The van der Waals surface area contributed by atoms with Crippen LogP contribution in [0.1, 0.15) is 37.8 Å². The van der Waals surface area contributed by atoms with Gasteiger partial charge in [-0.15, -0.1) is 5.10 Å². The topological polar surface area (TPSA) is 130 Å². The summed E-state index contributed by atoms with van der Waals surface area (Å²) in [5, 5.41) is 7.56. The Bertz CT molecular complexity index is 1970. The van der Waals surface area contributed by atoms with Gasteiger partial charge in [0.05, 0.1) is 65.3 Å². The fourth-order valence-corrected chi connectivity index (χ4v) is 6.93. The normalized spacial score (nSPS) is 23.4. The molecular weight excluding hydrogens is 569 g/mol. The summed E-state index contributed by atoms with van der Waals surface area (Å²) in [6, 6.07) is 7.27. The van der Waals surface area contributed by atoms with Crippen molar-refractivity contribution >= 4 is 28.2 Å². The van der Waals surface area contributed by atoms with Crippen molar-refractivity contribution in [2.45, 2.75) is 50.0 Å². The molecule has 8 rings (SSSR count). The van der Waals surface area contributed by atoms with Crippen molar-refractivity contribution in [1.82, 2.24) is 34.2 Å². The highest BCUT2D eigenvalue weighted by molar-refractivity contribution is 6.14. The van der Waals surface area contributed by atoms with Crippen molar-refractivity contribution in [1.29, 1.82) is 0 Å². The molecule has 4 atom stereocenters. The molecule has 13 heteroatoms. The molecule has 2 N–H and O–H groups in total. The van der Waals surface area contributed by atoms with Gasteiger partial charge in [0.25, 0.3) is 0 Å². The number of amides is 1. The third kappa shape index (κ3) is 4.25. The summed E-state index contributed by atoms with van der Waals surface area (Å²) < 4.78 is 37.4. The number of rotatable bonds is 3. The molecule has 4 bridgehead atoms. The Balaban J connectivity index is 1.56. The first-order chi connectivity index (χ1) is 21.1. The van der Waals surface area contributed by atoms with Crippen molar-refractivity contribution < 1.29 is 23.4 Å². The smallest absolute Gasteiger partial charge is 0.407 e. The Kier molecular flexibility index (Phi) is 6.63. The Labute approximate surface area is 251 Å². The van der Waals surface area contributed by atoms with E-state index >= 15 is 4.39 Å². The number of fused-ring (bicyclic) bond motifs is 5. The van der Waals surface area contributed by atoms with E-state index in [1.165, 1.54) is 11.8 Å². The first-order valence-electron chi connectivity index (χ1n) is 14.6. The van der Waals surface area contributed by atoms with Crippen LogP contribution in [0.3, 0.4) is 0 Å². The van der Waals surface area contributed by atoms with E-state index < -0.39 is 23.7 Å². The molecule has 44 heavy (non-hydrogen) atoms. The number of pyridine rings is 1. The number of nitrogens with one attached hydrogen (secondary N) is 2. The summed E-state index contributed by atoms with van der Waals surface area (Å²) in [5.74, 6) is -0.621. The van der Waals surface area contributed by atoms with E-state index in [9.17, 15) is 9.59 Å². The van der Waals surface area contributed by atoms with Gasteiger partial charge in [0.15, 0.2) is 0 Å². The van der Waals surface area contributed by atoms with Gasteiger partial charge in [0.1, 0.15) is 5.65 Å². The molecule has 1 aromatic carbocycles. The average Bonchev–Trinajstić information content (AvgIpc) is 3.75. The number of halogens is 1. The molecule has 1 saturated carbocycles. The van der Waals surface area contributed by atoms with Crippen LogP contribution in [0.5, 0.6) is 0 Å². The van der Waals surface area contributed by atoms with Gasteiger partial charge in [-0.1, -0.05) is 24.3 Å². The lowest BCUT2D eigenvalue weighted by Gasteiger charge is -2.30. The average molecular weight is 604 g/mol. The number of H-pyrrole nitrogens is 1. The number of hydrogen-bond acceptors (Lipinski definition) is 7. The van der Waals surface area contributed by atoms with E-state index in [-0.39, 0.29) is 17.8 Å². The molecule has 5 aromatic rings. The Morgan fingerprint density at radius 3 is 2.66 bits per heavy atom. The molecule has 0 spiro atoms. The minimum atomic E-state index is -0.656. The number of imidazole rings is 1. The van der Waals surface area contributed by atoms with Gasteiger partial charge in [0, 0.05) is 45.4 Å². The third-order valence-corrected chi connectivity index (χ3v) is 9.40. The summed E-state index contributed by atoms with van der Waals surface area (Å²) in [6.45, 7) is 2.38. The number of carbonyl (C=O) groups is 1. The fourth-order valence-electron chi connectivity index (χ4n) is 6.93. The second kappa shape index (κ2) is 10.3. The maximum atomic E-state index is 15.3. The molecule has 1 fully saturated rings. The highest BCUT2D eigenvalue weighted by Gasteiger charge is 2.40. The van der Waals surface area contributed by atoms with Gasteiger partial charge >= 0.3 is 11.8 Å². The van der Waals surface area contributed by atoms with E-state index in [1.807, 2.05) is 31.2 Å². The maximum absolute atomic E-state index is 15.3. The molecule has 0 saturated heterocycles. The standard InChI is InChI=1S/C31H34FN7O5/c1-31(43-5)10-11-44-22-13-18(12-20(22)34-29(40)42-4)39-26-21(38(3)30(39)41)14-33-28-24(26)23(16-6-8-17(31)9-7-16)25(35-28)19-15-37(2)36-27(19)32/h6-9,14-15,18,20,22H,10-13H2,1-5H3,(H,33,35)(H,34,40)/t18-,20-,22+,31-/m0/s1. The van der Waals surface area contributed by atoms with Gasteiger partial charge in [-0.2, -0.15) is 4.39 Å². The van der Waals surface area contributed by atoms with Gasteiger partial charge < -0.3 is 24.5 Å². The Hall–Kier alpha value is -4.49. The van der Waals surface area contributed by atoms with Gasteiger partial charge in [-0.3, -0.25) is 13.8 Å². The predicted octanol–water partition coefficient (Wildman–Crippen LogP) is 4.13. The first-order valence-corrected chi connectivity index (χ1v) is 14.6. The number of hydrogen-bond donors (Lipinski definition) is 2. The lowest BCUT2D eigenvalue weighted by Crippen LogP contribution is -2.41. The minimum Gasteiger partial charge on any atom is -0.453 e. The monoisotopic (exact) mass is 603 g/mol. The van der Waals surface area contributed by atoms with Gasteiger partial charge in [-0.25, -0.2) is 14.6 Å². The molecule has 1 amide bonds. The number of carbonyl (C=O) groups excluding carboxylic acids is 1. The second-order valence-electron chi connectivity index (χ2n) is 11.8. The number of ether oxygens (including phenoxy) is 3. The van der Waals surface area contributed by atoms with Crippen molar-refractivity contribution in [3.63, 3.8) is 0 Å². The van der Waals surface area contributed by atoms with Crippen LogP contribution in [0.2, 0.25) is 0 Å². The summed E-state index contributed by atoms with van der Waals surface area (Å²) >= 11 is 0. The number of alkyl carbamates (subject to hydrolysis) is 1. The highest BCUT2D eigenvalue weighted by atomic mass is 19.1. The molecule has 1 aliphatic carbocycles. The van der Waals surface area contributed by atoms with Crippen molar-refractivity contribution in [2.75, 3.05) is 20.8 Å². The van der Waals surface area contributed by atoms with Crippen LogP contribution in [-0.2, 0) is 33.9 Å². The number of methoxy groups -OCH3 is 2. The second-order valence-corrected chi connectivity index (χ2v) is 11.8. The van der Waals surface area contributed by atoms with Crippen molar-refractivity contribution in [3.8, 4) is 22.4 Å². The van der Waals surface area contributed by atoms with Crippen LogP contribution in [0.4, 0.5) is 9.18 Å². The molecule has 3 aliphatic rings. The maximum Gasteiger partial charge on any atom is 0.407 e. The molecule has 230 valence electrons. The largest absolute Gasteiger partial charge is 0.453 e. The summed E-state index contributed by atoms with van der Waals surface area (Å²) in [5.41, 5.74) is 4.22. The number of nitrogens with zero attached hydrogens (tertiary/aromatic N) is 5. The molecule has 0 radical (unpaired) electrons. The molecule has 12 nitrogen and oxygen atoms in total. The van der Waals surface area contributed by atoms with E-state index in [0.29, 0.717) is 64.8 Å². The summed E-state index contributed by atoms with van der Waals surface area (Å²) in [4.78, 5) is 34.4. The molecule has 0 unspecified atom stereocenters. The highest BCUT2D eigenvalue weighted by Crippen LogP contribution is 2.44. The van der Waals surface area contributed by atoms with E-state index in [4.69, 9.17) is 19.2 Å². The van der Waals surface area contributed by atoms with Crippen LogP contribution < -0.4 is 11.0 Å². The van der Waals surface area contributed by atoms with Crippen LogP contribution in [0, 0.1) is 5.95 Å². The van der Waals surface area contributed by atoms with Crippen molar-refractivity contribution in [2.24, 2.45) is 14.1 Å². The van der Waals surface area contributed by atoms with Gasteiger partial charge in [0.2, 0.25) is 5.95 Å². The molecular formula is C31H34FN7O5. The number of benzene rings is 1. The fraction of sp³-hybridized carbons (Fsp3) is 0.419. The Morgan fingerprint density at radius 2 is 1.98 bits per heavy atom. The Morgan fingerprint density at radius 1 is 1.20 bits per heavy atom. The van der Waals surface area contributed by atoms with E-state index in [2.05, 4.69) is 15.4 Å². The number of aryl methyl sites for hydroxylation is 2. The zero-order valence-corrected chi connectivity index (χ0v) is 25.2. The minimum absolute atomic E-state index is 0.218. The molecule has 4 aromatic heterocycles. The number of aromatic amines is 1. The van der Waals surface area contributed by atoms with Crippen molar-refractivity contribution in [3.05, 3.63) is 58.7 Å². The number of aromatic nitrogens is 6. The van der Waals surface area contributed by atoms with Crippen LogP contribution in [-0.4, -0.2) is 67.9 Å². The van der Waals surface area contributed by atoms with Crippen LogP contribution >= 0.6 is 0 Å². The summed E-state index contributed by atoms with van der Waals surface area (Å²) in [7, 11) is 6.37. The third-order valence-electron chi connectivity index (χ3n) is 9.40. The van der Waals surface area contributed by atoms with Crippen LogP contribution in [0.15, 0.2) is 41.5 Å². The van der Waals surface area contributed by atoms with Crippen LogP contribution in [0.25, 0.3) is 44.5 Å². The molecule has 6 heterocycles. The SMILES string of the molecule is COC(=O)N[C@H]1C[C@H]2C[C@H]1OCC[C@](C)(OC)c1ccc(cc1)-c1c(-c3cn(C)nc3F)[nH]c3ncc4c(c13)n2c(=O)n4C. The summed E-state index contributed by atoms with van der Waals surface area (Å²) in [6.07, 6.45) is 3.82. The molecule has 2 aliphatic heterocycles. The first kappa shape index (κ1) is 28.3. The lowest BCUT2D eigenvalue weighted by atomic mass is 9.90. The van der Waals surface area contributed by atoms with E-state index in [1.54, 1.807) is 42.7 Å². The van der Waals surface area contributed by atoms with Gasteiger partial charge in [-0.05, 0) is 30.9 Å². The lowest BCUT2D eigenvalue weighted by molar-refractivity contribution is -0.0448. The zero-order valence-electron chi connectivity index (χ0n) is 25.2. The predicted molar refractivity (Wildman–Crippen MR) is 161 cm³/mol. The zero-order chi connectivity index (χ0) is 30.9. The quantitative estimate of drug-likeness (QED) is 0.317. The van der Waals surface area contributed by atoms with E-state index in [0.717, 1.165) is 11.1 Å².